The van der Waals surface area contributed by atoms with Gasteiger partial charge in [0, 0.05) is 36.5 Å². The zero-order chi connectivity index (χ0) is 18.9. The molecule has 4 aromatic carbocycles. The SMILES string of the molecule is c1ccc(-c2nc3c(s2)c2c4ccccc4sc2c2sc4ccccc4c32)cc1. The van der Waals surface area contributed by atoms with Gasteiger partial charge in [0.15, 0.2) is 0 Å². The largest absolute Gasteiger partial charge is 0.235 e. The van der Waals surface area contributed by atoms with Crippen LogP contribution < -0.4 is 0 Å². The average Bonchev–Trinajstić information content (AvgIpc) is 3.46. The summed E-state index contributed by atoms with van der Waals surface area (Å²) >= 11 is 5.64. The minimum absolute atomic E-state index is 1.10. The van der Waals surface area contributed by atoms with Crippen molar-refractivity contribution in [2.75, 3.05) is 0 Å². The monoisotopic (exact) mass is 423 g/mol. The molecule has 0 N–H and O–H groups in total. The Labute approximate surface area is 178 Å². The van der Waals surface area contributed by atoms with Gasteiger partial charge >= 0.3 is 0 Å². The summed E-state index contributed by atoms with van der Waals surface area (Å²) in [7, 11) is 0. The molecule has 0 spiro atoms. The molecule has 1 nitrogen and oxygen atoms in total. The summed E-state index contributed by atoms with van der Waals surface area (Å²) in [6, 6.07) is 28.1. The number of rotatable bonds is 1. The second kappa shape index (κ2) is 5.86. The van der Waals surface area contributed by atoms with Gasteiger partial charge in [-0.15, -0.1) is 34.0 Å². The molecular weight excluding hydrogens is 410 g/mol. The summed E-state index contributed by atoms with van der Waals surface area (Å²) in [6.45, 7) is 0. The highest BCUT2D eigenvalue weighted by atomic mass is 32.1. The average molecular weight is 424 g/mol. The van der Waals surface area contributed by atoms with Crippen molar-refractivity contribution >= 4 is 84.6 Å². The number of thiazole rings is 1. The molecular formula is C25H13NS3. The third-order valence-electron chi connectivity index (χ3n) is 5.51. The van der Waals surface area contributed by atoms with E-state index in [1.165, 1.54) is 50.6 Å². The number of nitrogens with zero attached hydrogens (tertiary/aromatic N) is 1. The van der Waals surface area contributed by atoms with Crippen molar-refractivity contribution in [1.29, 1.82) is 0 Å². The minimum Gasteiger partial charge on any atom is -0.235 e. The van der Waals surface area contributed by atoms with Crippen LogP contribution in [-0.4, -0.2) is 4.98 Å². The Morgan fingerprint density at radius 3 is 1.83 bits per heavy atom. The standard InChI is InChI=1S/C25H13NS3/c1-2-8-14(9-3-1)25-26-21-19-15-10-4-6-12-17(15)27-23(19)24-20(22(21)29-25)16-11-5-7-13-18(16)28-24/h1-13H. The summed E-state index contributed by atoms with van der Waals surface area (Å²) in [5.74, 6) is 0. The summed E-state index contributed by atoms with van der Waals surface area (Å²) < 4.78 is 6.77. The molecule has 7 aromatic rings. The van der Waals surface area contributed by atoms with Crippen LogP contribution in [0.5, 0.6) is 0 Å². The van der Waals surface area contributed by atoms with Gasteiger partial charge in [-0.2, -0.15) is 0 Å². The number of hydrogen-bond donors (Lipinski definition) is 0. The molecule has 0 aliphatic rings. The molecule has 0 atom stereocenters. The molecule has 0 saturated carbocycles. The highest BCUT2D eigenvalue weighted by Gasteiger charge is 2.21. The molecule has 136 valence electrons. The Morgan fingerprint density at radius 1 is 0.517 bits per heavy atom. The fourth-order valence-electron chi connectivity index (χ4n) is 4.23. The van der Waals surface area contributed by atoms with Gasteiger partial charge in [0.25, 0.3) is 0 Å². The predicted molar refractivity (Wildman–Crippen MR) is 131 cm³/mol. The van der Waals surface area contributed by atoms with Crippen molar-refractivity contribution in [3.05, 3.63) is 78.9 Å². The molecule has 0 amide bonds. The fourth-order valence-corrected chi connectivity index (χ4v) is 8.00. The first-order chi connectivity index (χ1) is 14.4. The van der Waals surface area contributed by atoms with Crippen molar-refractivity contribution in [1.82, 2.24) is 4.98 Å². The smallest absolute Gasteiger partial charge is 0.124 e. The summed E-state index contributed by atoms with van der Waals surface area (Å²) in [5, 5.41) is 6.46. The summed E-state index contributed by atoms with van der Waals surface area (Å²) in [4.78, 5) is 5.20. The Kier molecular flexibility index (Phi) is 3.25. The van der Waals surface area contributed by atoms with Gasteiger partial charge in [0.05, 0.1) is 19.6 Å². The van der Waals surface area contributed by atoms with E-state index in [-0.39, 0.29) is 0 Å². The number of fused-ring (bicyclic) bond motifs is 10. The molecule has 0 bridgehead atoms. The molecule has 3 aromatic heterocycles. The third-order valence-corrected chi connectivity index (χ3v) is 9.14. The normalized spacial score (nSPS) is 12.1. The maximum absolute atomic E-state index is 5.20. The lowest BCUT2D eigenvalue weighted by Crippen LogP contribution is -1.76. The lowest BCUT2D eigenvalue weighted by molar-refractivity contribution is 1.49. The van der Waals surface area contributed by atoms with Gasteiger partial charge in [0.1, 0.15) is 5.01 Å². The molecule has 29 heavy (non-hydrogen) atoms. The van der Waals surface area contributed by atoms with E-state index in [4.69, 9.17) is 4.98 Å². The van der Waals surface area contributed by atoms with E-state index in [1.54, 1.807) is 0 Å². The van der Waals surface area contributed by atoms with E-state index in [1.807, 2.05) is 34.0 Å². The van der Waals surface area contributed by atoms with Gasteiger partial charge < -0.3 is 0 Å². The minimum atomic E-state index is 1.10. The van der Waals surface area contributed by atoms with Crippen LogP contribution in [-0.2, 0) is 0 Å². The zero-order valence-electron chi connectivity index (χ0n) is 15.2. The van der Waals surface area contributed by atoms with Crippen LogP contribution in [0.3, 0.4) is 0 Å². The molecule has 3 heterocycles. The van der Waals surface area contributed by atoms with E-state index < -0.39 is 0 Å². The van der Waals surface area contributed by atoms with E-state index in [0.717, 1.165) is 10.5 Å². The Morgan fingerprint density at radius 2 is 1.10 bits per heavy atom. The first-order valence-corrected chi connectivity index (χ1v) is 11.9. The van der Waals surface area contributed by atoms with Crippen molar-refractivity contribution < 1.29 is 0 Å². The third kappa shape index (κ3) is 2.16. The molecule has 0 unspecified atom stereocenters. The Bertz CT molecular complexity index is 1590. The molecule has 0 radical (unpaired) electrons. The van der Waals surface area contributed by atoms with Crippen molar-refractivity contribution in [3.8, 4) is 10.6 Å². The first-order valence-electron chi connectivity index (χ1n) is 9.49. The lowest BCUT2D eigenvalue weighted by Gasteiger charge is -1.98. The van der Waals surface area contributed by atoms with Gasteiger partial charge in [-0.05, 0) is 12.1 Å². The highest BCUT2D eigenvalue weighted by molar-refractivity contribution is 7.34. The topological polar surface area (TPSA) is 12.9 Å². The van der Waals surface area contributed by atoms with Gasteiger partial charge in [-0.3, -0.25) is 0 Å². The molecule has 0 aliphatic carbocycles. The van der Waals surface area contributed by atoms with Crippen LogP contribution in [0.4, 0.5) is 0 Å². The van der Waals surface area contributed by atoms with E-state index in [2.05, 4.69) is 78.9 Å². The first kappa shape index (κ1) is 16.1. The second-order valence-electron chi connectivity index (χ2n) is 7.17. The van der Waals surface area contributed by atoms with E-state index in [9.17, 15) is 0 Å². The van der Waals surface area contributed by atoms with Crippen LogP contribution in [0.15, 0.2) is 78.9 Å². The van der Waals surface area contributed by atoms with Crippen molar-refractivity contribution in [2.45, 2.75) is 0 Å². The van der Waals surface area contributed by atoms with Crippen LogP contribution in [0.1, 0.15) is 0 Å². The van der Waals surface area contributed by atoms with E-state index >= 15 is 0 Å². The quantitative estimate of drug-likeness (QED) is 0.257. The maximum atomic E-state index is 5.20. The number of benzene rings is 4. The molecule has 0 aliphatic heterocycles. The van der Waals surface area contributed by atoms with Gasteiger partial charge in [0.2, 0.25) is 0 Å². The number of thiophene rings is 2. The highest BCUT2D eigenvalue weighted by Crippen LogP contribution is 2.50. The molecule has 0 fully saturated rings. The Balaban J connectivity index is 1.78. The number of aromatic nitrogens is 1. The van der Waals surface area contributed by atoms with Crippen LogP contribution in [0, 0.1) is 0 Å². The molecule has 7 rings (SSSR count). The van der Waals surface area contributed by atoms with Crippen LogP contribution in [0.25, 0.3) is 61.1 Å². The fraction of sp³-hybridized carbons (Fsp3) is 0. The molecule has 0 saturated heterocycles. The number of hydrogen-bond acceptors (Lipinski definition) is 4. The maximum Gasteiger partial charge on any atom is 0.124 e. The second-order valence-corrected chi connectivity index (χ2v) is 10.3. The Hall–Kier alpha value is -2.79. The van der Waals surface area contributed by atoms with Crippen molar-refractivity contribution in [3.63, 3.8) is 0 Å². The zero-order valence-corrected chi connectivity index (χ0v) is 17.6. The summed E-state index contributed by atoms with van der Waals surface area (Å²) in [5.41, 5.74) is 2.34. The van der Waals surface area contributed by atoms with Gasteiger partial charge in [-0.1, -0.05) is 66.7 Å². The van der Waals surface area contributed by atoms with E-state index in [0.29, 0.717) is 0 Å². The van der Waals surface area contributed by atoms with Crippen LogP contribution >= 0.6 is 34.0 Å². The molecule has 4 heteroatoms. The summed E-state index contributed by atoms with van der Waals surface area (Å²) in [6.07, 6.45) is 0. The van der Waals surface area contributed by atoms with Crippen molar-refractivity contribution in [2.24, 2.45) is 0 Å². The lowest BCUT2D eigenvalue weighted by atomic mass is 10.1. The van der Waals surface area contributed by atoms with Crippen LogP contribution in [0.2, 0.25) is 0 Å². The predicted octanol–water partition coefficient (Wildman–Crippen LogP) is 8.70. The van der Waals surface area contributed by atoms with Gasteiger partial charge in [-0.25, -0.2) is 4.98 Å².